The Morgan fingerprint density at radius 3 is 2.64 bits per heavy atom. The van der Waals surface area contributed by atoms with Crippen molar-refractivity contribution in [3.63, 3.8) is 0 Å². The maximum atomic E-state index is 12.4. The molecule has 1 fully saturated rings. The molecule has 3 rings (SSSR count). The van der Waals surface area contributed by atoms with Crippen LogP contribution in [-0.2, 0) is 0 Å². The summed E-state index contributed by atoms with van der Waals surface area (Å²) in [5, 5.41) is 12.3. The van der Waals surface area contributed by atoms with Gasteiger partial charge in [0.15, 0.2) is 0 Å². The molecule has 1 amide bonds. The van der Waals surface area contributed by atoms with E-state index in [4.69, 9.17) is 0 Å². The monoisotopic (exact) mass is 298 g/mol. The van der Waals surface area contributed by atoms with E-state index in [2.05, 4.69) is 10.3 Å². The van der Waals surface area contributed by atoms with Crippen LogP contribution < -0.4 is 10.9 Å². The molecule has 0 radical (unpaired) electrons. The molecule has 3 N–H and O–H groups in total. The van der Waals surface area contributed by atoms with Crippen molar-refractivity contribution in [3.8, 4) is 0 Å². The van der Waals surface area contributed by atoms with Gasteiger partial charge >= 0.3 is 0 Å². The predicted octanol–water partition coefficient (Wildman–Crippen LogP) is 1.72. The maximum Gasteiger partial charge on any atom is 0.252 e. The van der Waals surface area contributed by atoms with Crippen molar-refractivity contribution in [1.82, 2.24) is 10.3 Å². The summed E-state index contributed by atoms with van der Waals surface area (Å²) in [5.74, 6) is 0.0131. The minimum atomic E-state index is -0.489. The van der Waals surface area contributed by atoms with Gasteiger partial charge in [-0.25, -0.2) is 0 Å². The lowest BCUT2D eigenvalue weighted by atomic mass is 10.1. The van der Waals surface area contributed by atoms with Crippen LogP contribution in [0.4, 0.5) is 0 Å². The molecule has 1 heterocycles. The molecule has 1 aromatic carbocycles. The second-order valence-corrected chi connectivity index (χ2v) is 5.58. The minimum Gasteiger partial charge on any atom is -0.394 e. The van der Waals surface area contributed by atoms with Gasteiger partial charge in [0, 0.05) is 17.3 Å². The third-order valence-electron chi connectivity index (χ3n) is 3.83. The van der Waals surface area contributed by atoms with Crippen molar-refractivity contribution in [1.29, 1.82) is 0 Å². The van der Waals surface area contributed by atoms with Crippen molar-refractivity contribution >= 4 is 5.91 Å². The summed E-state index contributed by atoms with van der Waals surface area (Å²) >= 11 is 0. The van der Waals surface area contributed by atoms with Gasteiger partial charge in [-0.15, -0.1) is 0 Å². The van der Waals surface area contributed by atoms with Gasteiger partial charge in [-0.2, -0.15) is 0 Å². The number of aromatic amines is 1. The number of hydrogen-bond donors (Lipinski definition) is 3. The second kappa shape index (κ2) is 6.15. The summed E-state index contributed by atoms with van der Waals surface area (Å²) in [5.41, 5.74) is 1.71. The lowest BCUT2D eigenvalue weighted by Crippen LogP contribution is -2.31. The number of nitrogens with one attached hydrogen (secondary N) is 2. The molecule has 1 aromatic heterocycles. The van der Waals surface area contributed by atoms with Gasteiger partial charge in [-0.1, -0.05) is 30.3 Å². The van der Waals surface area contributed by atoms with Gasteiger partial charge < -0.3 is 15.4 Å². The Morgan fingerprint density at radius 2 is 2.00 bits per heavy atom. The molecular weight excluding hydrogens is 280 g/mol. The van der Waals surface area contributed by atoms with E-state index in [1.165, 1.54) is 6.07 Å². The summed E-state index contributed by atoms with van der Waals surface area (Å²) in [6.45, 7) is -0.200. The lowest BCUT2D eigenvalue weighted by molar-refractivity contribution is 0.0916. The highest BCUT2D eigenvalue weighted by molar-refractivity contribution is 5.94. The number of aliphatic hydroxyl groups excluding tert-OH is 1. The first kappa shape index (κ1) is 14.5. The molecule has 0 saturated heterocycles. The molecule has 1 atom stereocenters. The highest BCUT2D eigenvalue weighted by Crippen LogP contribution is 2.38. The molecule has 22 heavy (non-hydrogen) atoms. The average Bonchev–Trinajstić information content (AvgIpc) is 3.37. The van der Waals surface area contributed by atoms with Crippen molar-refractivity contribution in [2.75, 3.05) is 6.61 Å². The van der Waals surface area contributed by atoms with E-state index in [9.17, 15) is 14.7 Å². The van der Waals surface area contributed by atoms with E-state index in [1.54, 1.807) is 6.07 Å². The number of pyridine rings is 1. The number of aliphatic hydroxyl groups is 1. The van der Waals surface area contributed by atoms with Crippen LogP contribution in [0.2, 0.25) is 0 Å². The molecule has 0 aliphatic heterocycles. The van der Waals surface area contributed by atoms with Gasteiger partial charge in [0.25, 0.3) is 5.91 Å². The SMILES string of the molecule is O=C(N[C@H](CO)c1ccccc1)c1cc(C2CC2)[nH]c(=O)c1. The average molecular weight is 298 g/mol. The Labute approximate surface area is 128 Å². The van der Waals surface area contributed by atoms with Crippen LogP contribution in [0.1, 0.15) is 46.4 Å². The van der Waals surface area contributed by atoms with E-state index in [-0.39, 0.29) is 18.1 Å². The van der Waals surface area contributed by atoms with Crippen LogP contribution in [-0.4, -0.2) is 22.6 Å². The van der Waals surface area contributed by atoms with E-state index in [0.717, 1.165) is 24.1 Å². The predicted molar refractivity (Wildman–Crippen MR) is 82.8 cm³/mol. The third kappa shape index (κ3) is 3.26. The number of H-pyrrole nitrogens is 1. The molecule has 5 heteroatoms. The molecule has 2 aromatic rings. The molecule has 5 nitrogen and oxygen atoms in total. The molecule has 0 bridgehead atoms. The van der Waals surface area contributed by atoms with E-state index >= 15 is 0 Å². The molecule has 1 saturated carbocycles. The van der Waals surface area contributed by atoms with E-state index in [1.807, 2.05) is 30.3 Å². The Balaban J connectivity index is 1.80. The molecular formula is C17H18N2O3. The quantitative estimate of drug-likeness (QED) is 0.786. The maximum absolute atomic E-state index is 12.4. The number of benzene rings is 1. The van der Waals surface area contributed by atoms with Crippen molar-refractivity contribution in [2.45, 2.75) is 24.8 Å². The number of carbonyl (C=O) groups is 1. The fourth-order valence-electron chi connectivity index (χ4n) is 2.47. The first-order valence-electron chi connectivity index (χ1n) is 7.38. The summed E-state index contributed by atoms with van der Waals surface area (Å²) in [6, 6.07) is 11.8. The Bertz CT molecular complexity index is 720. The van der Waals surface area contributed by atoms with Crippen LogP contribution in [0, 0.1) is 0 Å². The highest BCUT2D eigenvalue weighted by atomic mass is 16.3. The van der Waals surface area contributed by atoms with E-state index in [0.29, 0.717) is 11.5 Å². The number of rotatable bonds is 5. The van der Waals surface area contributed by atoms with Crippen LogP contribution >= 0.6 is 0 Å². The Morgan fingerprint density at radius 1 is 1.27 bits per heavy atom. The summed E-state index contributed by atoms with van der Waals surface area (Å²) < 4.78 is 0. The van der Waals surface area contributed by atoms with Crippen LogP contribution in [0.5, 0.6) is 0 Å². The summed E-state index contributed by atoms with van der Waals surface area (Å²) in [4.78, 5) is 26.8. The van der Waals surface area contributed by atoms with Gasteiger partial charge in [0.2, 0.25) is 5.56 Å². The van der Waals surface area contributed by atoms with Gasteiger partial charge in [0.1, 0.15) is 0 Å². The molecule has 1 aliphatic rings. The molecule has 114 valence electrons. The number of carbonyl (C=O) groups excluding carboxylic acids is 1. The molecule has 0 spiro atoms. The standard InChI is InChI=1S/C17H18N2O3/c20-10-15(11-4-2-1-3-5-11)19-17(22)13-8-14(12-6-7-12)18-16(21)9-13/h1-5,8-9,12,15,20H,6-7,10H2,(H,18,21)(H,19,22)/t15-/m1/s1. The zero-order valence-corrected chi connectivity index (χ0v) is 12.1. The first-order valence-corrected chi connectivity index (χ1v) is 7.38. The van der Waals surface area contributed by atoms with Crippen LogP contribution in [0.25, 0.3) is 0 Å². The fourth-order valence-corrected chi connectivity index (χ4v) is 2.47. The topological polar surface area (TPSA) is 82.2 Å². The number of aromatic nitrogens is 1. The Kier molecular flexibility index (Phi) is 4.06. The van der Waals surface area contributed by atoms with Gasteiger partial charge in [-0.3, -0.25) is 9.59 Å². The van der Waals surface area contributed by atoms with Gasteiger partial charge in [-0.05, 0) is 30.4 Å². The Hall–Kier alpha value is -2.40. The van der Waals surface area contributed by atoms with Crippen molar-refractivity contribution in [3.05, 3.63) is 69.6 Å². The van der Waals surface area contributed by atoms with Crippen LogP contribution in [0.3, 0.4) is 0 Å². The highest BCUT2D eigenvalue weighted by Gasteiger charge is 2.25. The lowest BCUT2D eigenvalue weighted by Gasteiger charge is -2.17. The second-order valence-electron chi connectivity index (χ2n) is 5.58. The fraction of sp³-hybridized carbons (Fsp3) is 0.294. The minimum absolute atomic E-state index is 0.200. The smallest absolute Gasteiger partial charge is 0.252 e. The number of hydrogen-bond acceptors (Lipinski definition) is 3. The van der Waals surface area contributed by atoms with Gasteiger partial charge in [0.05, 0.1) is 12.6 Å². The first-order chi connectivity index (χ1) is 10.7. The zero-order valence-electron chi connectivity index (χ0n) is 12.1. The molecule has 0 unspecified atom stereocenters. The normalized spacial score (nSPS) is 15.3. The summed E-state index contributed by atoms with van der Waals surface area (Å²) in [7, 11) is 0. The third-order valence-corrected chi connectivity index (χ3v) is 3.83. The largest absolute Gasteiger partial charge is 0.394 e. The van der Waals surface area contributed by atoms with Crippen LogP contribution in [0.15, 0.2) is 47.3 Å². The zero-order chi connectivity index (χ0) is 15.5. The van der Waals surface area contributed by atoms with E-state index < -0.39 is 6.04 Å². The van der Waals surface area contributed by atoms with Crippen molar-refractivity contribution in [2.24, 2.45) is 0 Å². The molecule has 1 aliphatic carbocycles. The van der Waals surface area contributed by atoms with Crippen molar-refractivity contribution < 1.29 is 9.90 Å². The summed E-state index contributed by atoms with van der Waals surface area (Å²) in [6.07, 6.45) is 2.09. The number of amides is 1.